The minimum absolute atomic E-state index is 0.294. The number of nitrogens with one attached hydrogen (secondary N) is 1. The van der Waals surface area contributed by atoms with Crippen molar-refractivity contribution in [2.45, 2.75) is 25.7 Å². The number of aliphatic hydroxyl groups is 1. The third-order valence-electron chi connectivity index (χ3n) is 3.02. The molecule has 0 bridgehead atoms. The first-order valence-electron chi connectivity index (χ1n) is 6.43. The van der Waals surface area contributed by atoms with Crippen LogP contribution >= 0.6 is 0 Å². The number of unbranched alkanes of at least 4 members (excludes halogenated alkanes) is 3. The van der Waals surface area contributed by atoms with Gasteiger partial charge in [0, 0.05) is 26.4 Å². The monoisotopic (exact) mass is 248 g/mol. The molecular formula is C13H20N4O. The van der Waals surface area contributed by atoms with Crippen molar-refractivity contribution in [2.75, 3.05) is 18.5 Å². The summed E-state index contributed by atoms with van der Waals surface area (Å²) in [5, 5.41) is 12.0. The van der Waals surface area contributed by atoms with Crippen LogP contribution in [0.4, 0.5) is 5.82 Å². The molecule has 0 atom stereocenters. The number of nitrogens with zero attached hydrogens (tertiary/aromatic N) is 3. The quantitative estimate of drug-likeness (QED) is 0.735. The van der Waals surface area contributed by atoms with Crippen molar-refractivity contribution in [3.63, 3.8) is 0 Å². The van der Waals surface area contributed by atoms with Gasteiger partial charge in [0.2, 0.25) is 0 Å². The molecule has 2 heterocycles. The minimum Gasteiger partial charge on any atom is -0.396 e. The van der Waals surface area contributed by atoms with Crippen LogP contribution in [-0.4, -0.2) is 32.8 Å². The predicted octanol–water partition coefficient (Wildman–Crippen LogP) is 1.93. The number of aromatic nitrogens is 3. The summed E-state index contributed by atoms with van der Waals surface area (Å²) in [5.74, 6) is 0.857. The maximum Gasteiger partial charge on any atom is 0.154 e. The standard InChI is InChI=1S/C13H20N4O/c1-17-10-16-12-11(17)6-8-15-13(12)14-7-4-2-3-5-9-18/h6,8,10,18H,2-5,7,9H2,1H3,(H,14,15). The van der Waals surface area contributed by atoms with E-state index in [0.717, 1.165) is 49.1 Å². The molecule has 2 rings (SSSR count). The van der Waals surface area contributed by atoms with Gasteiger partial charge in [-0.25, -0.2) is 9.97 Å². The molecule has 0 aliphatic rings. The molecule has 2 aromatic heterocycles. The number of hydrogen-bond acceptors (Lipinski definition) is 4. The van der Waals surface area contributed by atoms with E-state index in [1.165, 1.54) is 0 Å². The molecule has 5 heteroatoms. The summed E-state index contributed by atoms with van der Waals surface area (Å²) in [5.41, 5.74) is 2.02. The minimum atomic E-state index is 0.294. The number of hydrogen-bond donors (Lipinski definition) is 2. The number of aliphatic hydroxyl groups excluding tert-OH is 1. The maximum atomic E-state index is 8.69. The summed E-state index contributed by atoms with van der Waals surface area (Å²) in [6.07, 6.45) is 7.81. The van der Waals surface area contributed by atoms with Crippen LogP contribution < -0.4 is 5.32 Å². The van der Waals surface area contributed by atoms with Gasteiger partial charge in [0.1, 0.15) is 5.52 Å². The topological polar surface area (TPSA) is 63.0 Å². The smallest absolute Gasteiger partial charge is 0.154 e. The lowest BCUT2D eigenvalue weighted by molar-refractivity contribution is 0.283. The number of anilines is 1. The fourth-order valence-electron chi connectivity index (χ4n) is 1.99. The summed E-state index contributed by atoms with van der Waals surface area (Å²) in [6, 6.07) is 1.97. The van der Waals surface area contributed by atoms with Crippen molar-refractivity contribution in [3.8, 4) is 0 Å². The SMILES string of the molecule is Cn1cnc2c(NCCCCCCO)nccc21. The van der Waals surface area contributed by atoms with Crippen LogP contribution in [-0.2, 0) is 7.05 Å². The molecule has 0 aromatic carbocycles. The molecule has 0 saturated carbocycles. The van der Waals surface area contributed by atoms with Crippen LogP contribution in [0.25, 0.3) is 11.0 Å². The van der Waals surface area contributed by atoms with Gasteiger partial charge < -0.3 is 15.0 Å². The van der Waals surface area contributed by atoms with Gasteiger partial charge in [-0.15, -0.1) is 0 Å². The number of rotatable bonds is 7. The van der Waals surface area contributed by atoms with E-state index in [1.807, 2.05) is 17.7 Å². The average molecular weight is 248 g/mol. The molecule has 0 amide bonds. The highest BCUT2D eigenvalue weighted by molar-refractivity contribution is 5.85. The van der Waals surface area contributed by atoms with E-state index in [2.05, 4.69) is 15.3 Å². The number of aryl methyl sites for hydroxylation is 1. The van der Waals surface area contributed by atoms with Crippen LogP contribution in [0.1, 0.15) is 25.7 Å². The zero-order chi connectivity index (χ0) is 12.8. The Morgan fingerprint density at radius 1 is 1.22 bits per heavy atom. The maximum absolute atomic E-state index is 8.69. The first-order valence-corrected chi connectivity index (χ1v) is 6.43. The van der Waals surface area contributed by atoms with Gasteiger partial charge in [0.25, 0.3) is 0 Å². The Hall–Kier alpha value is -1.62. The van der Waals surface area contributed by atoms with E-state index in [1.54, 1.807) is 12.5 Å². The van der Waals surface area contributed by atoms with Crippen LogP contribution in [0.2, 0.25) is 0 Å². The summed E-state index contributed by atoms with van der Waals surface area (Å²) in [7, 11) is 1.98. The van der Waals surface area contributed by atoms with E-state index in [-0.39, 0.29) is 0 Å². The lowest BCUT2D eigenvalue weighted by Crippen LogP contribution is -2.04. The highest BCUT2D eigenvalue weighted by atomic mass is 16.2. The van der Waals surface area contributed by atoms with E-state index in [0.29, 0.717) is 6.61 Å². The summed E-state index contributed by atoms with van der Waals surface area (Å²) >= 11 is 0. The highest BCUT2D eigenvalue weighted by Gasteiger charge is 2.05. The molecule has 0 saturated heterocycles. The lowest BCUT2D eigenvalue weighted by atomic mass is 10.2. The number of fused-ring (bicyclic) bond motifs is 1. The normalized spacial score (nSPS) is 11.0. The summed E-state index contributed by atoms with van der Waals surface area (Å²) < 4.78 is 1.99. The third-order valence-corrected chi connectivity index (χ3v) is 3.02. The second-order valence-corrected chi connectivity index (χ2v) is 4.45. The van der Waals surface area contributed by atoms with Gasteiger partial charge in [0.05, 0.1) is 11.8 Å². The van der Waals surface area contributed by atoms with Crippen LogP contribution in [0, 0.1) is 0 Å². The van der Waals surface area contributed by atoms with Gasteiger partial charge in [-0.05, 0) is 18.9 Å². The van der Waals surface area contributed by atoms with Crippen molar-refractivity contribution >= 4 is 16.9 Å². The molecule has 0 fully saturated rings. The highest BCUT2D eigenvalue weighted by Crippen LogP contribution is 2.18. The van der Waals surface area contributed by atoms with E-state index < -0.39 is 0 Å². The van der Waals surface area contributed by atoms with Crippen molar-refractivity contribution < 1.29 is 5.11 Å². The Balaban J connectivity index is 1.88. The molecule has 0 spiro atoms. The molecule has 0 radical (unpaired) electrons. The Bertz CT molecular complexity index is 495. The average Bonchev–Trinajstić information content (AvgIpc) is 2.77. The molecule has 5 nitrogen and oxygen atoms in total. The van der Waals surface area contributed by atoms with Crippen LogP contribution in [0.5, 0.6) is 0 Å². The van der Waals surface area contributed by atoms with Crippen molar-refractivity contribution in [3.05, 3.63) is 18.6 Å². The molecule has 0 unspecified atom stereocenters. The summed E-state index contributed by atoms with van der Waals surface area (Å²) in [6.45, 7) is 1.19. The molecular weight excluding hydrogens is 228 g/mol. The Morgan fingerprint density at radius 3 is 2.89 bits per heavy atom. The van der Waals surface area contributed by atoms with Gasteiger partial charge in [-0.3, -0.25) is 0 Å². The Morgan fingerprint density at radius 2 is 2.06 bits per heavy atom. The van der Waals surface area contributed by atoms with Crippen molar-refractivity contribution in [2.24, 2.45) is 7.05 Å². The zero-order valence-electron chi connectivity index (χ0n) is 10.8. The van der Waals surface area contributed by atoms with Crippen molar-refractivity contribution in [1.82, 2.24) is 14.5 Å². The number of imidazole rings is 1. The third kappa shape index (κ3) is 2.98. The van der Waals surface area contributed by atoms with Crippen LogP contribution in [0.15, 0.2) is 18.6 Å². The Labute approximate surface area is 107 Å². The second-order valence-electron chi connectivity index (χ2n) is 4.45. The fourth-order valence-corrected chi connectivity index (χ4v) is 1.99. The van der Waals surface area contributed by atoms with E-state index in [9.17, 15) is 0 Å². The van der Waals surface area contributed by atoms with Gasteiger partial charge in [-0.1, -0.05) is 12.8 Å². The Kier molecular flexibility index (Phi) is 4.52. The van der Waals surface area contributed by atoms with Gasteiger partial charge >= 0.3 is 0 Å². The van der Waals surface area contributed by atoms with E-state index >= 15 is 0 Å². The molecule has 2 N–H and O–H groups in total. The van der Waals surface area contributed by atoms with Gasteiger partial charge in [0.15, 0.2) is 5.82 Å². The predicted molar refractivity (Wildman–Crippen MR) is 72.6 cm³/mol. The molecule has 2 aromatic rings. The molecule has 0 aliphatic carbocycles. The molecule has 18 heavy (non-hydrogen) atoms. The molecule has 98 valence electrons. The first kappa shape index (κ1) is 12.8. The largest absolute Gasteiger partial charge is 0.396 e. The first-order chi connectivity index (χ1) is 8.83. The fraction of sp³-hybridized carbons (Fsp3) is 0.538. The second kappa shape index (κ2) is 6.35. The molecule has 0 aliphatic heterocycles. The summed E-state index contributed by atoms with van der Waals surface area (Å²) in [4.78, 5) is 8.68. The lowest BCUT2D eigenvalue weighted by Gasteiger charge is -2.06. The van der Waals surface area contributed by atoms with E-state index in [4.69, 9.17) is 5.11 Å². The number of pyridine rings is 1. The zero-order valence-corrected chi connectivity index (χ0v) is 10.8. The van der Waals surface area contributed by atoms with Crippen molar-refractivity contribution in [1.29, 1.82) is 0 Å². The van der Waals surface area contributed by atoms with Crippen LogP contribution in [0.3, 0.4) is 0 Å². The van der Waals surface area contributed by atoms with Gasteiger partial charge in [-0.2, -0.15) is 0 Å².